The van der Waals surface area contributed by atoms with Gasteiger partial charge in [0.05, 0.1) is 11.4 Å². The van der Waals surface area contributed by atoms with Crippen molar-refractivity contribution in [1.29, 1.82) is 0 Å². The zero-order chi connectivity index (χ0) is 18.3. The third-order valence-corrected chi connectivity index (χ3v) is 4.12. The molecule has 3 heterocycles. The van der Waals surface area contributed by atoms with Gasteiger partial charge in [-0.3, -0.25) is 30.2 Å². The Hall–Kier alpha value is -2.35. The molecule has 0 aliphatic carbocycles. The van der Waals surface area contributed by atoms with Gasteiger partial charge in [0.25, 0.3) is 0 Å². The maximum atomic E-state index is 11.4. The number of barbiturate groups is 1. The monoisotopic (exact) mass is 447 g/mol. The number of aromatic nitrogens is 2. The van der Waals surface area contributed by atoms with E-state index in [0.29, 0.717) is 12.8 Å². The quantitative estimate of drug-likeness (QED) is 0.555. The molecule has 2 aromatic heterocycles. The van der Waals surface area contributed by atoms with E-state index in [2.05, 4.69) is 20.6 Å². The van der Waals surface area contributed by atoms with Crippen LogP contribution in [0.2, 0.25) is 0 Å². The van der Waals surface area contributed by atoms with Crippen LogP contribution in [0.3, 0.4) is 0 Å². The van der Waals surface area contributed by atoms with Crippen molar-refractivity contribution in [3.05, 3.63) is 48.8 Å². The third kappa shape index (κ3) is 4.85. The summed E-state index contributed by atoms with van der Waals surface area (Å²) in [4.78, 5) is 41.9. The molecule has 0 unspecified atom stereocenters. The molecule has 2 aromatic rings. The van der Waals surface area contributed by atoms with E-state index < -0.39 is 23.3 Å². The Balaban J connectivity index is 0.000000251. The van der Waals surface area contributed by atoms with Crippen molar-refractivity contribution in [2.75, 3.05) is 0 Å². The van der Waals surface area contributed by atoms with Gasteiger partial charge < -0.3 is 0 Å². The van der Waals surface area contributed by atoms with Crippen molar-refractivity contribution in [3.8, 4) is 11.4 Å². The Morgan fingerprint density at radius 2 is 1.23 bits per heavy atom. The molecule has 1 aliphatic rings. The van der Waals surface area contributed by atoms with Gasteiger partial charge in [0.1, 0.15) is 5.41 Å². The maximum absolute atomic E-state index is 11.4. The van der Waals surface area contributed by atoms with Crippen LogP contribution < -0.4 is 10.6 Å². The molecular weight excluding hydrogens is 428 g/mol. The van der Waals surface area contributed by atoms with E-state index in [9.17, 15) is 14.4 Å². The number of imide groups is 2. The Morgan fingerprint density at radius 3 is 1.54 bits per heavy atom. The minimum atomic E-state index is -1.06. The van der Waals surface area contributed by atoms with Crippen molar-refractivity contribution in [2.45, 2.75) is 26.7 Å². The number of nitrogens with zero attached hydrogens (tertiary/aromatic N) is 2. The summed E-state index contributed by atoms with van der Waals surface area (Å²) in [6, 6.07) is 10.9. The minimum absolute atomic E-state index is 0. The summed E-state index contributed by atoms with van der Waals surface area (Å²) >= 11 is 0. The van der Waals surface area contributed by atoms with E-state index in [0.717, 1.165) is 11.4 Å². The molecule has 8 heteroatoms. The molecule has 0 atom stereocenters. The summed E-state index contributed by atoms with van der Waals surface area (Å²) in [7, 11) is 0. The molecule has 7 nitrogen and oxygen atoms in total. The molecule has 141 valence electrons. The second kappa shape index (κ2) is 9.96. The first-order valence-electron chi connectivity index (χ1n) is 8.02. The van der Waals surface area contributed by atoms with Crippen molar-refractivity contribution in [2.24, 2.45) is 5.41 Å². The van der Waals surface area contributed by atoms with Crippen molar-refractivity contribution >= 4 is 17.8 Å². The SMILES string of the molecule is CCC1(CC)C(=O)NC(=O)NC1=O.[Ag].c1ccc(-c2ccccn2)nc1. The van der Waals surface area contributed by atoms with Crippen LogP contribution in [-0.4, -0.2) is 27.8 Å². The number of amides is 4. The van der Waals surface area contributed by atoms with Crippen LogP contribution in [0.5, 0.6) is 0 Å². The topological polar surface area (TPSA) is 101 Å². The maximum Gasteiger partial charge on any atom is 0.328 e. The summed E-state index contributed by atoms with van der Waals surface area (Å²) in [6.45, 7) is 3.50. The van der Waals surface area contributed by atoms with E-state index in [1.54, 1.807) is 26.2 Å². The third-order valence-electron chi connectivity index (χ3n) is 4.12. The molecular formula is C18H20AgN4O3. The summed E-state index contributed by atoms with van der Waals surface area (Å²) in [5, 5.41) is 4.19. The van der Waals surface area contributed by atoms with Gasteiger partial charge in [-0.05, 0) is 37.1 Å². The number of hydrogen-bond acceptors (Lipinski definition) is 5. The van der Waals surface area contributed by atoms with Crippen LogP contribution in [0.4, 0.5) is 4.79 Å². The molecule has 4 amide bonds. The first-order valence-corrected chi connectivity index (χ1v) is 8.02. The molecule has 0 aromatic carbocycles. The van der Waals surface area contributed by atoms with E-state index in [1.165, 1.54) is 0 Å². The predicted octanol–water partition coefficient (Wildman–Crippen LogP) is 2.30. The van der Waals surface area contributed by atoms with Crippen molar-refractivity contribution < 1.29 is 36.8 Å². The van der Waals surface area contributed by atoms with Crippen LogP contribution in [0.15, 0.2) is 48.8 Å². The van der Waals surface area contributed by atoms with Gasteiger partial charge in [0.15, 0.2) is 0 Å². The Kier molecular flexibility index (Phi) is 8.31. The summed E-state index contributed by atoms with van der Waals surface area (Å²) in [5.41, 5.74) is 0.768. The Labute approximate surface area is 167 Å². The van der Waals surface area contributed by atoms with E-state index >= 15 is 0 Å². The minimum Gasteiger partial charge on any atom is -0.277 e. The summed E-state index contributed by atoms with van der Waals surface area (Å²) in [6.07, 6.45) is 4.33. The number of carbonyl (C=O) groups is 3. The van der Waals surface area contributed by atoms with Gasteiger partial charge in [-0.25, -0.2) is 4.79 Å². The molecule has 0 bridgehead atoms. The fraction of sp³-hybridized carbons (Fsp3) is 0.278. The van der Waals surface area contributed by atoms with Gasteiger partial charge in [0.2, 0.25) is 11.8 Å². The van der Waals surface area contributed by atoms with Crippen LogP contribution in [0.25, 0.3) is 11.4 Å². The first kappa shape index (κ1) is 21.7. The normalized spacial score (nSPS) is 14.9. The van der Waals surface area contributed by atoms with Crippen molar-refractivity contribution in [1.82, 2.24) is 20.6 Å². The number of carbonyl (C=O) groups excluding carboxylic acids is 3. The Morgan fingerprint density at radius 1 is 0.808 bits per heavy atom. The molecule has 3 rings (SSSR count). The zero-order valence-electron chi connectivity index (χ0n) is 14.5. The summed E-state index contributed by atoms with van der Waals surface area (Å²) in [5.74, 6) is -0.988. The number of nitrogens with one attached hydrogen (secondary N) is 2. The average molecular weight is 448 g/mol. The molecule has 1 radical (unpaired) electrons. The number of urea groups is 1. The number of rotatable bonds is 3. The van der Waals surface area contributed by atoms with Gasteiger partial charge in [0, 0.05) is 34.8 Å². The van der Waals surface area contributed by atoms with E-state index in [-0.39, 0.29) is 22.4 Å². The standard InChI is InChI=1S/C10H8N2.C8H12N2O3.Ag/c1-3-7-11-9(5-1)10-6-2-4-8-12-10;1-3-8(4-2)5(11)9-7(13)10-6(8)12;/h1-8H;3-4H2,1-2H3,(H2,9,10,11,12,13);. The second-order valence-corrected chi connectivity index (χ2v) is 5.46. The molecule has 1 fully saturated rings. The summed E-state index contributed by atoms with van der Waals surface area (Å²) < 4.78 is 0. The molecule has 0 spiro atoms. The molecule has 26 heavy (non-hydrogen) atoms. The van der Waals surface area contributed by atoms with Gasteiger partial charge in [-0.1, -0.05) is 26.0 Å². The predicted molar refractivity (Wildman–Crippen MR) is 92.2 cm³/mol. The smallest absolute Gasteiger partial charge is 0.277 e. The largest absolute Gasteiger partial charge is 0.328 e. The molecule has 2 N–H and O–H groups in total. The van der Waals surface area contributed by atoms with Gasteiger partial charge >= 0.3 is 6.03 Å². The van der Waals surface area contributed by atoms with E-state index in [1.807, 2.05) is 36.4 Å². The van der Waals surface area contributed by atoms with Crippen molar-refractivity contribution in [3.63, 3.8) is 0 Å². The number of pyridine rings is 2. The second-order valence-electron chi connectivity index (χ2n) is 5.46. The Bertz CT molecular complexity index is 690. The van der Waals surface area contributed by atoms with Crippen LogP contribution >= 0.6 is 0 Å². The molecule has 1 saturated heterocycles. The van der Waals surface area contributed by atoms with Gasteiger partial charge in [-0.15, -0.1) is 0 Å². The van der Waals surface area contributed by atoms with Gasteiger partial charge in [-0.2, -0.15) is 0 Å². The van der Waals surface area contributed by atoms with Crippen LogP contribution in [-0.2, 0) is 32.0 Å². The molecule has 1 aliphatic heterocycles. The number of hydrogen-bond donors (Lipinski definition) is 2. The first-order chi connectivity index (χ1) is 12.0. The van der Waals surface area contributed by atoms with Crippen LogP contribution in [0.1, 0.15) is 26.7 Å². The van der Waals surface area contributed by atoms with Crippen LogP contribution in [0, 0.1) is 5.41 Å². The fourth-order valence-electron chi connectivity index (χ4n) is 2.50. The average Bonchev–Trinajstić information content (AvgIpc) is 2.64. The zero-order valence-corrected chi connectivity index (χ0v) is 15.9. The van der Waals surface area contributed by atoms with E-state index in [4.69, 9.17) is 0 Å². The fourth-order valence-corrected chi connectivity index (χ4v) is 2.50. The molecule has 0 saturated carbocycles.